The van der Waals surface area contributed by atoms with Gasteiger partial charge in [-0.1, -0.05) is 18.9 Å². The monoisotopic (exact) mass is 252 g/mol. The SMILES string of the molecule is CC(CNCc1cccs1)N(C)C1CCCC1. The zero-order chi connectivity index (χ0) is 12.1. The average Bonchev–Trinajstić information content (AvgIpc) is 3.00. The summed E-state index contributed by atoms with van der Waals surface area (Å²) in [6.45, 7) is 4.44. The Labute approximate surface area is 109 Å². The minimum Gasteiger partial charge on any atom is -0.310 e. The summed E-state index contributed by atoms with van der Waals surface area (Å²) < 4.78 is 0. The Kier molecular flexibility index (Phi) is 5.01. The van der Waals surface area contributed by atoms with E-state index in [0.29, 0.717) is 6.04 Å². The van der Waals surface area contributed by atoms with Crippen LogP contribution in [0.5, 0.6) is 0 Å². The maximum atomic E-state index is 3.56. The van der Waals surface area contributed by atoms with E-state index < -0.39 is 0 Å². The number of nitrogens with zero attached hydrogens (tertiary/aromatic N) is 1. The molecule has 3 heteroatoms. The molecule has 2 rings (SSSR count). The van der Waals surface area contributed by atoms with Gasteiger partial charge in [0.05, 0.1) is 0 Å². The lowest BCUT2D eigenvalue weighted by atomic mass is 10.1. The third-order valence-corrected chi connectivity index (χ3v) is 4.79. The highest BCUT2D eigenvalue weighted by Gasteiger charge is 2.22. The van der Waals surface area contributed by atoms with Crippen LogP contribution in [0.15, 0.2) is 17.5 Å². The van der Waals surface area contributed by atoms with Crippen LogP contribution in [0.1, 0.15) is 37.5 Å². The van der Waals surface area contributed by atoms with E-state index in [1.807, 2.05) is 11.3 Å². The molecule has 1 atom stereocenters. The first-order valence-corrected chi connectivity index (χ1v) is 7.60. The van der Waals surface area contributed by atoms with Gasteiger partial charge in [-0.05, 0) is 38.3 Å². The molecule has 1 aliphatic rings. The van der Waals surface area contributed by atoms with Crippen molar-refractivity contribution in [3.05, 3.63) is 22.4 Å². The van der Waals surface area contributed by atoms with Crippen LogP contribution in [-0.4, -0.2) is 30.6 Å². The maximum Gasteiger partial charge on any atom is 0.0300 e. The van der Waals surface area contributed by atoms with E-state index in [1.165, 1.54) is 30.6 Å². The van der Waals surface area contributed by atoms with Crippen molar-refractivity contribution in [1.82, 2.24) is 10.2 Å². The molecular weight excluding hydrogens is 228 g/mol. The molecule has 1 aromatic heterocycles. The molecule has 2 nitrogen and oxygen atoms in total. The normalized spacial score (nSPS) is 19.0. The molecule has 1 unspecified atom stereocenters. The van der Waals surface area contributed by atoms with Crippen LogP contribution in [0, 0.1) is 0 Å². The molecule has 17 heavy (non-hydrogen) atoms. The number of nitrogens with one attached hydrogen (secondary N) is 1. The molecule has 0 radical (unpaired) electrons. The third-order valence-electron chi connectivity index (χ3n) is 3.91. The summed E-state index contributed by atoms with van der Waals surface area (Å²) in [6, 6.07) is 5.78. The Hall–Kier alpha value is -0.380. The lowest BCUT2D eigenvalue weighted by molar-refractivity contribution is 0.182. The van der Waals surface area contributed by atoms with E-state index in [1.54, 1.807) is 0 Å². The van der Waals surface area contributed by atoms with Gasteiger partial charge in [0.15, 0.2) is 0 Å². The summed E-state index contributed by atoms with van der Waals surface area (Å²) in [7, 11) is 2.29. The van der Waals surface area contributed by atoms with E-state index in [2.05, 4.69) is 41.7 Å². The molecular formula is C14H24N2S. The quantitative estimate of drug-likeness (QED) is 0.837. The molecule has 0 amide bonds. The molecule has 1 aliphatic carbocycles. The van der Waals surface area contributed by atoms with Gasteiger partial charge in [-0.25, -0.2) is 0 Å². The lowest BCUT2D eigenvalue weighted by Crippen LogP contribution is -2.42. The van der Waals surface area contributed by atoms with Crippen LogP contribution in [0.25, 0.3) is 0 Å². The van der Waals surface area contributed by atoms with E-state index >= 15 is 0 Å². The molecule has 96 valence electrons. The number of likely N-dealkylation sites (N-methyl/N-ethyl adjacent to an activating group) is 1. The van der Waals surface area contributed by atoms with Gasteiger partial charge >= 0.3 is 0 Å². The predicted molar refractivity (Wildman–Crippen MR) is 75.5 cm³/mol. The number of rotatable bonds is 6. The molecule has 0 bridgehead atoms. The van der Waals surface area contributed by atoms with Gasteiger partial charge in [0.25, 0.3) is 0 Å². The topological polar surface area (TPSA) is 15.3 Å². The van der Waals surface area contributed by atoms with Crippen molar-refractivity contribution < 1.29 is 0 Å². The standard InChI is InChI=1S/C14H24N2S/c1-12(16(2)13-6-3-4-7-13)10-15-11-14-8-5-9-17-14/h5,8-9,12-13,15H,3-4,6-7,10-11H2,1-2H3. The zero-order valence-corrected chi connectivity index (χ0v) is 11.8. The molecule has 1 heterocycles. The Bertz CT molecular complexity index is 304. The average molecular weight is 252 g/mol. The van der Waals surface area contributed by atoms with Crippen molar-refractivity contribution in [3.63, 3.8) is 0 Å². The minimum atomic E-state index is 0.637. The van der Waals surface area contributed by atoms with Crippen molar-refractivity contribution in [2.45, 2.75) is 51.2 Å². The first-order valence-electron chi connectivity index (χ1n) is 6.72. The summed E-state index contributed by atoms with van der Waals surface area (Å²) in [5.74, 6) is 0. The first-order chi connectivity index (χ1) is 8.27. The summed E-state index contributed by atoms with van der Waals surface area (Å²) in [6.07, 6.45) is 5.63. The van der Waals surface area contributed by atoms with E-state index in [0.717, 1.165) is 19.1 Å². The Balaban J connectivity index is 1.67. The predicted octanol–water partition coefficient (Wildman–Crippen LogP) is 3.10. The van der Waals surface area contributed by atoms with Crippen molar-refractivity contribution in [2.24, 2.45) is 0 Å². The summed E-state index contributed by atoms with van der Waals surface area (Å²) in [5, 5.41) is 5.70. The largest absolute Gasteiger partial charge is 0.310 e. The molecule has 0 spiro atoms. The fourth-order valence-electron chi connectivity index (χ4n) is 2.63. The van der Waals surface area contributed by atoms with Crippen molar-refractivity contribution in [3.8, 4) is 0 Å². The zero-order valence-electron chi connectivity index (χ0n) is 11.0. The molecule has 0 aromatic carbocycles. The molecule has 1 fully saturated rings. The van der Waals surface area contributed by atoms with Gasteiger partial charge in [0.1, 0.15) is 0 Å². The molecule has 0 aliphatic heterocycles. The van der Waals surface area contributed by atoms with Crippen LogP contribution >= 0.6 is 11.3 Å². The van der Waals surface area contributed by atoms with Crippen molar-refractivity contribution in [2.75, 3.05) is 13.6 Å². The number of thiophene rings is 1. The van der Waals surface area contributed by atoms with Crippen LogP contribution < -0.4 is 5.32 Å². The van der Waals surface area contributed by atoms with Crippen molar-refractivity contribution >= 4 is 11.3 Å². The highest BCUT2D eigenvalue weighted by molar-refractivity contribution is 7.09. The van der Waals surface area contributed by atoms with Gasteiger partial charge in [0.2, 0.25) is 0 Å². The second kappa shape index (κ2) is 6.53. The van der Waals surface area contributed by atoms with Gasteiger partial charge in [0, 0.05) is 30.1 Å². The van der Waals surface area contributed by atoms with Gasteiger partial charge in [-0.15, -0.1) is 11.3 Å². The van der Waals surface area contributed by atoms with Crippen LogP contribution in [0.3, 0.4) is 0 Å². The van der Waals surface area contributed by atoms with Crippen LogP contribution in [0.4, 0.5) is 0 Å². The summed E-state index contributed by atoms with van der Waals surface area (Å²) in [4.78, 5) is 4.00. The van der Waals surface area contributed by atoms with E-state index in [-0.39, 0.29) is 0 Å². The van der Waals surface area contributed by atoms with Gasteiger partial charge in [-0.2, -0.15) is 0 Å². The number of hydrogen-bond acceptors (Lipinski definition) is 3. The van der Waals surface area contributed by atoms with Gasteiger partial charge in [-0.3, -0.25) is 4.90 Å². The molecule has 1 saturated carbocycles. The highest BCUT2D eigenvalue weighted by atomic mass is 32.1. The molecule has 0 saturated heterocycles. The Morgan fingerprint density at radius 1 is 1.47 bits per heavy atom. The number of hydrogen-bond donors (Lipinski definition) is 1. The fraction of sp³-hybridized carbons (Fsp3) is 0.714. The first kappa shape index (κ1) is 13.1. The Morgan fingerprint density at radius 3 is 2.88 bits per heavy atom. The lowest BCUT2D eigenvalue weighted by Gasteiger charge is -2.30. The Morgan fingerprint density at radius 2 is 2.24 bits per heavy atom. The fourth-order valence-corrected chi connectivity index (χ4v) is 3.31. The smallest absolute Gasteiger partial charge is 0.0300 e. The summed E-state index contributed by atoms with van der Waals surface area (Å²) in [5.41, 5.74) is 0. The second-order valence-electron chi connectivity index (χ2n) is 5.16. The van der Waals surface area contributed by atoms with Crippen molar-refractivity contribution in [1.29, 1.82) is 0 Å². The van der Waals surface area contributed by atoms with Gasteiger partial charge < -0.3 is 5.32 Å². The van der Waals surface area contributed by atoms with Crippen LogP contribution in [0.2, 0.25) is 0 Å². The maximum absolute atomic E-state index is 3.56. The highest BCUT2D eigenvalue weighted by Crippen LogP contribution is 2.23. The molecule has 1 N–H and O–H groups in total. The molecule has 1 aromatic rings. The van der Waals surface area contributed by atoms with Crippen LogP contribution in [-0.2, 0) is 6.54 Å². The summed E-state index contributed by atoms with van der Waals surface area (Å²) >= 11 is 1.83. The van der Waals surface area contributed by atoms with E-state index in [4.69, 9.17) is 0 Å². The second-order valence-corrected chi connectivity index (χ2v) is 6.20. The van der Waals surface area contributed by atoms with E-state index in [9.17, 15) is 0 Å². The minimum absolute atomic E-state index is 0.637. The third kappa shape index (κ3) is 3.80.